The summed E-state index contributed by atoms with van der Waals surface area (Å²) < 4.78 is 0. The Labute approximate surface area is 214 Å². The minimum atomic E-state index is 0.238. The van der Waals surface area contributed by atoms with Gasteiger partial charge in [-0.05, 0) is 56.2 Å². The van der Waals surface area contributed by atoms with Crippen LogP contribution >= 0.6 is 0 Å². The van der Waals surface area contributed by atoms with Gasteiger partial charge in [0.05, 0.1) is 6.07 Å². The molecule has 0 aromatic carbocycles. The van der Waals surface area contributed by atoms with Gasteiger partial charge in [0, 0.05) is 74.1 Å². The highest BCUT2D eigenvalue weighted by Crippen LogP contribution is 2.39. The van der Waals surface area contributed by atoms with E-state index < -0.39 is 0 Å². The van der Waals surface area contributed by atoms with E-state index in [1.54, 1.807) is 0 Å². The largest absolute Gasteiger partial charge is 0.339 e. The highest BCUT2D eigenvalue weighted by molar-refractivity contribution is 5.95. The molecule has 4 unspecified atom stereocenters. The molecule has 0 radical (unpaired) electrons. The molecule has 2 saturated heterocycles. The van der Waals surface area contributed by atoms with Crippen LogP contribution in [0.15, 0.2) is 59.5 Å². The van der Waals surface area contributed by atoms with Gasteiger partial charge in [-0.3, -0.25) is 14.7 Å². The van der Waals surface area contributed by atoms with E-state index >= 15 is 0 Å². The van der Waals surface area contributed by atoms with Crippen molar-refractivity contribution in [2.24, 2.45) is 5.92 Å². The number of amides is 1. The Balaban J connectivity index is 1.10. The highest BCUT2D eigenvalue weighted by atomic mass is 16.2. The molecular weight excluding hydrogens is 446 g/mol. The number of nitrogens with one attached hydrogen (secondary N) is 1. The average molecular weight is 482 g/mol. The van der Waals surface area contributed by atoms with E-state index in [1.165, 1.54) is 22.3 Å². The molecule has 186 valence electrons. The standard InChI is InChI=1S/C30H35N5O/c1-20-29-17-25(19-35(20)29)30(36)34-12-8-26(9-13-34)33-28-16-24(15-23-7-11-32-18-27(23)28)22-6-2-4-21(14-22)5-3-10-31/h2,4,7,11,14-15,17-18,20,22,26,28-29,33H,3,5-6,8-9,12-13,16,19H2,1H3/t20?,22?,28?,29?,35-/m0/s1. The molecule has 6 rings (SSSR count). The first-order valence-electron chi connectivity index (χ1n) is 13.5. The summed E-state index contributed by atoms with van der Waals surface area (Å²) in [5.74, 6) is 0.632. The van der Waals surface area contributed by atoms with Gasteiger partial charge in [-0.25, -0.2) is 0 Å². The molecule has 2 aliphatic carbocycles. The lowest BCUT2D eigenvalue weighted by atomic mass is 9.79. The third kappa shape index (κ3) is 4.58. The number of pyridine rings is 1. The number of hydrogen-bond donors (Lipinski definition) is 1. The van der Waals surface area contributed by atoms with E-state index in [0.717, 1.165) is 57.3 Å². The first-order valence-corrected chi connectivity index (χ1v) is 13.5. The fourth-order valence-corrected chi connectivity index (χ4v) is 6.48. The van der Waals surface area contributed by atoms with Crippen molar-refractivity contribution in [3.05, 3.63) is 70.6 Å². The molecule has 4 heterocycles. The van der Waals surface area contributed by atoms with Gasteiger partial charge < -0.3 is 10.2 Å². The molecule has 5 aliphatic rings. The average Bonchev–Trinajstić information content (AvgIpc) is 3.30. The molecule has 0 spiro atoms. The SMILES string of the molecule is CC1C2C=C(C(=O)N3CCC(NC4CC(C5C=C(CCC#N)C=CC5)=Cc5ccncc54)CC3)C[N@@]12. The van der Waals surface area contributed by atoms with Gasteiger partial charge in [0.25, 0.3) is 5.91 Å². The van der Waals surface area contributed by atoms with Crippen LogP contribution in [0, 0.1) is 17.2 Å². The number of nitrogens with zero attached hydrogens (tertiary/aromatic N) is 4. The highest BCUT2D eigenvalue weighted by Gasteiger charge is 2.48. The number of allylic oxidation sites excluding steroid dienone is 4. The monoisotopic (exact) mass is 481 g/mol. The molecule has 36 heavy (non-hydrogen) atoms. The number of piperidine rings is 1. The first kappa shape index (κ1) is 23.4. The van der Waals surface area contributed by atoms with Crippen molar-refractivity contribution in [2.75, 3.05) is 19.6 Å². The van der Waals surface area contributed by atoms with Crippen molar-refractivity contribution in [2.45, 2.75) is 69.6 Å². The van der Waals surface area contributed by atoms with Crippen molar-refractivity contribution in [1.29, 1.82) is 5.26 Å². The maximum atomic E-state index is 13.0. The zero-order valence-electron chi connectivity index (χ0n) is 21.1. The van der Waals surface area contributed by atoms with E-state index in [9.17, 15) is 4.79 Å². The predicted molar refractivity (Wildman–Crippen MR) is 141 cm³/mol. The molecule has 3 aliphatic heterocycles. The van der Waals surface area contributed by atoms with Crippen LogP contribution in [0.1, 0.15) is 62.6 Å². The lowest BCUT2D eigenvalue weighted by molar-refractivity contribution is -0.128. The fourth-order valence-electron chi connectivity index (χ4n) is 6.48. The predicted octanol–water partition coefficient (Wildman–Crippen LogP) is 4.31. The molecule has 1 aromatic heterocycles. The Morgan fingerprint density at radius 3 is 2.92 bits per heavy atom. The maximum Gasteiger partial charge on any atom is 0.250 e. The summed E-state index contributed by atoms with van der Waals surface area (Å²) in [5, 5.41) is 12.9. The van der Waals surface area contributed by atoms with E-state index in [-0.39, 0.29) is 11.9 Å². The maximum absolute atomic E-state index is 13.0. The number of hydrogen-bond acceptors (Lipinski definition) is 5. The van der Waals surface area contributed by atoms with Crippen LogP contribution in [0.3, 0.4) is 0 Å². The number of nitriles is 1. The normalized spacial score (nSPS) is 31.1. The number of carbonyl (C=O) groups is 1. The Morgan fingerprint density at radius 1 is 1.28 bits per heavy atom. The van der Waals surface area contributed by atoms with E-state index in [2.05, 4.69) is 69.5 Å². The zero-order valence-corrected chi connectivity index (χ0v) is 21.1. The lowest BCUT2D eigenvalue weighted by Gasteiger charge is -2.37. The second-order valence-electron chi connectivity index (χ2n) is 11.0. The Kier molecular flexibility index (Phi) is 6.37. The van der Waals surface area contributed by atoms with E-state index in [4.69, 9.17) is 5.26 Å². The molecule has 6 heteroatoms. The Hall–Kier alpha value is -3.01. The van der Waals surface area contributed by atoms with Crippen molar-refractivity contribution >= 4 is 12.0 Å². The Morgan fingerprint density at radius 2 is 2.14 bits per heavy atom. The quantitative estimate of drug-likeness (QED) is 0.613. The smallest absolute Gasteiger partial charge is 0.250 e. The van der Waals surface area contributed by atoms with Crippen molar-refractivity contribution in [1.82, 2.24) is 20.1 Å². The lowest BCUT2D eigenvalue weighted by Crippen LogP contribution is -2.46. The van der Waals surface area contributed by atoms with Crippen LogP contribution in [0.25, 0.3) is 6.08 Å². The minimum Gasteiger partial charge on any atom is -0.339 e. The van der Waals surface area contributed by atoms with Gasteiger partial charge in [0.2, 0.25) is 0 Å². The van der Waals surface area contributed by atoms with Crippen LogP contribution in [0.5, 0.6) is 0 Å². The fraction of sp³-hybridized carbons (Fsp3) is 0.500. The van der Waals surface area contributed by atoms with Crippen LogP contribution in [-0.2, 0) is 4.79 Å². The van der Waals surface area contributed by atoms with Gasteiger partial charge in [0.1, 0.15) is 0 Å². The van der Waals surface area contributed by atoms with Gasteiger partial charge >= 0.3 is 0 Å². The van der Waals surface area contributed by atoms with E-state index in [1.807, 2.05) is 12.4 Å². The zero-order chi connectivity index (χ0) is 24.6. The summed E-state index contributed by atoms with van der Waals surface area (Å²) in [6.07, 6.45) is 20.6. The van der Waals surface area contributed by atoms with Crippen molar-refractivity contribution in [3.63, 3.8) is 0 Å². The van der Waals surface area contributed by atoms with Gasteiger partial charge in [0.15, 0.2) is 0 Å². The topological polar surface area (TPSA) is 72.0 Å². The molecule has 1 N–H and O–H groups in total. The van der Waals surface area contributed by atoms with E-state index in [0.29, 0.717) is 30.5 Å². The first-order chi connectivity index (χ1) is 17.6. The molecular formula is C30H35N5O. The number of rotatable bonds is 6. The van der Waals surface area contributed by atoms with Crippen molar-refractivity contribution in [3.8, 4) is 6.07 Å². The third-order valence-electron chi connectivity index (χ3n) is 8.71. The number of likely N-dealkylation sites (tertiary alicyclic amines) is 1. The summed E-state index contributed by atoms with van der Waals surface area (Å²) in [7, 11) is 0. The summed E-state index contributed by atoms with van der Waals surface area (Å²) in [4.78, 5) is 21.9. The van der Waals surface area contributed by atoms with Crippen LogP contribution in [0.4, 0.5) is 0 Å². The second kappa shape index (κ2) is 9.80. The molecule has 5 atom stereocenters. The number of fused-ring (bicyclic) bond motifs is 2. The van der Waals surface area contributed by atoms with Crippen molar-refractivity contribution < 1.29 is 4.79 Å². The van der Waals surface area contributed by atoms with Gasteiger partial charge in [-0.15, -0.1) is 0 Å². The molecule has 0 saturated carbocycles. The van der Waals surface area contributed by atoms with Crippen LogP contribution in [-0.4, -0.2) is 58.5 Å². The third-order valence-corrected chi connectivity index (χ3v) is 8.71. The molecule has 6 nitrogen and oxygen atoms in total. The second-order valence-corrected chi connectivity index (χ2v) is 11.0. The summed E-state index contributed by atoms with van der Waals surface area (Å²) in [6, 6.07) is 6.15. The Bertz CT molecular complexity index is 1200. The molecule has 1 amide bonds. The molecule has 1 aromatic rings. The van der Waals surface area contributed by atoms with Gasteiger partial charge in [-0.2, -0.15) is 5.26 Å². The minimum absolute atomic E-state index is 0.238. The molecule has 0 bridgehead atoms. The number of carbonyl (C=O) groups excluding carboxylic acids is 1. The molecule has 2 fully saturated rings. The number of aromatic nitrogens is 1. The van der Waals surface area contributed by atoms with Gasteiger partial charge in [-0.1, -0.05) is 41.5 Å². The summed E-state index contributed by atoms with van der Waals surface area (Å²) in [6.45, 7) is 4.70. The van der Waals surface area contributed by atoms with Crippen LogP contribution in [0.2, 0.25) is 0 Å². The van der Waals surface area contributed by atoms with Crippen LogP contribution < -0.4 is 5.32 Å². The summed E-state index contributed by atoms with van der Waals surface area (Å²) in [5.41, 5.74) is 6.26. The summed E-state index contributed by atoms with van der Waals surface area (Å²) >= 11 is 0.